The zero-order chi connectivity index (χ0) is 27.4. The van der Waals surface area contributed by atoms with E-state index >= 15 is 0 Å². The van der Waals surface area contributed by atoms with Crippen LogP contribution >= 0.6 is 0 Å². The SMILES string of the molecule is CC(C)(C)O.COc1c(F)cc(-c2c(CO)nc(C)c(CC(=O)O)c2N2CCC(C)(C)CC2)cc1F. The average Bonchev–Trinajstić information content (AvgIpc) is 2.73. The Labute approximate surface area is 211 Å². The Morgan fingerprint density at radius 1 is 1.17 bits per heavy atom. The van der Waals surface area contributed by atoms with Gasteiger partial charge < -0.3 is 25.0 Å². The van der Waals surface area contributed by atoms with Crippen molar-refractivity contribution in [1.29, 1.82) is 0 Å². The fraction of sp³-hybridized carbons (Fsp3) is 0.556. The summed E-state index contributed by atoms with van der Waals surface area (Å²) >= 11 is 0. The van der Waals surface area contributed by atoms with Crippen LogP contribution in [-0.2, 0) is 17.8 Å². The summed E-state index contributed by atoms with van der Waals surface area (Å²) in [5, 5.41) is 28.0. The van der Waals surface area contributed by atoms with Crippen LogP contribution in [0, 0.1) is 24.0 Å². The highest BCUT2D eigenvalue weighted by Gasteiger charge is 2.31. The van der Waals surface area contributed by atoms with Gasteiger partial charge in [-0.1, -0.05) is 13.8 Å². The number of anilines is 1. The van der Waals surface area contributed by atoms with E-state index < -0.39 is 35.6 Å². The number of aliphatic carboxylic acids is 1. The fourth-order valence-corrected chi connectivity index (χ4v) is 4.15. The third-order valence-corrected chi connectivity index (χ3v) is 5.95. The number of halogens is 2. The molecule has 1 aromatic heterocycles. The van der Waals surface area contributed by atoms with Crippen molar-refractivity contribution in [3.05, 3.63) is 40.7 Å². The molecule has 0 radical (unpaired) electrons. The van der Waals surface area contributed by atoms with Crippen LogP contribution in [0.2, 0.25) is 0 Å². The van der Waals surface area contributed by atoms with E-state index in [9.17, 15) is 23.8 Å². The van der Waals surface area contributed by atoms with Crippen LogP contribution in [-0.4, -0.2) is 52.1 Å². The third kappa shape index (κ3) is 7.61. The van der Waals surface area contributed by atoms with Gasteiger partial charge in [-0.15, -0.1) is 0 Å². The molecule has 0 spiro atoms. The maximum atomic E-state index is 14.5. The van der Waals surface area contributed by atoms with Gasteiger partial charge in [-0.25, -0.2) is 8.78 Å². The number of carboxylic acids is 1. The molecule has 0 aliphatic carbocycles. The Morgan fingerprint density at radius 3 is 2.08 bits per heavy atom. The summed E-state index contributed by atoms with van der Waals surface area (Å²) in [5.41, 5.74) is 1.95. The highest BCUT2D eigenvalue weighted by Crippen LogP contribution is 2.42. The molecule has 2 aromatic rings. The van der Waals surface area contributed by atoms with Gasteiger partial charge in [0.05, 0.1) is 37.1 Å². The fourth-order valence-electron chi connectivity index (χ4n) is 4.15. The summed E-state index contributed by atoms with van der Waals surface area (Å²) in [6.45, 7) is 12.1. The Kier molecular flexibility index (Phi) is 9.42. The topological polar surface area (TPSA) is 103 Å². The van der Waals surface area contributed by atoms with Gasteiger partial charge in [0.15, 0.2) is 17.4 Å². The van der Waals surface area contributed by atoms with Crippen molar-refractivity contribution in [2.75, 3.05) is 25.1 Å². The maximum absolute atomic E-state index is 14.5. The molecule has 0 unspecified atom stereocenters. The number of aromatic nitrogens is 1. The van der Waals surface area contributed by atoms with E-state index in [0.29, 0.717) is 35.6 Å². The van der Waals surface area contributed by atoms with Crippen molar-refractivity contribution >= 4 is 11.7 Å². The zero-order valence-corrected chi connectivity index (χ0v) is 22.2. The molecule has 0 saturated carbocycles. The van der Waals surface area contributed by atoms with Gasteiger partial charge in [0.25, 0.3) is 0 Å². The normalized spacial score (nSPS) is 15.2. The summed E-state index contributed by atoms with van der Waals surface area (Å²) in [4.78, 5) is 18.1. The number of piperidine rings is 1. The largest absolute Gasteiger partial charge is 0.491 e. The van der Waals surface area contributed by atoms with Crippen LogP contribution in [0.4, 0.5) is 14.5 Å². The predicted molar refractivity (Wildman–Crippen MR) is 135 cm³/mol. The van der Waals surface area contributed by atoms with Crippen LogP contribution in [0.25, 0.3) is 11.1 Å². The van der Waals surface area contributed by atoms with Gasteiger partial charge in [0.2, 0.25) is 0 Å². The zero-order valence-electron chi connectivity index (χ0n) is 22.2. The molecule has 1 saturated heterocycles. The molecule has 0 amide bonds. The molecule has 9 heteroatoms. The lowest BCUT2D eigenvalue weighted by molar-refractivity contribution is -0.136. The first-order chi connectivity index (χ1) is 16.6. The smallest absolute Gasteiger partial charge is 0.307 e. The number of aliphatic hydroxyl groups excluding tert-OH is 1. The Hall–Kier alpha value is -2.78. The van der Waals surface area contributed by atoms with Crippen molar-refractivity contribution in [3.8, 4) is 16.9 Å². The second kappa shape index (κ2) is 11.5. The molecule has 3 N–H and O–H groups in total. The number of aliphatic hydroxyl groups is 2. The van der Waals surface area contributed by atoms with E-state index in [-0.39, 0.29) is 23.1 Å². The van der Waals surface area contributed by atoms with Gasteiger partial charge in [0.1, 0.15) is 0 Å². The highest BCUT2D eigenvalue weighted by molar-refractivity contribution is 5.86. The minimum atomic E-state index is -1.03. The lowest BCUT2D eigenvalue weighted by Crippen LogP contribution is -2.38. The van der Waals surface area contributed by atoms with Crippen molar-refractivity contribution < 1.29 is 33.6 Å². The molecule has 0 atom stereocenters. The summed E-state index contributed by atoms with van der Waals surface area (Å²) in [5.74, 6) is -3.29. The molecular weight excluding hydrogens is 470 g/mol. The minimum absolute atomic E-state index is 0.143. The second-order valence-corrected chi connectivity index (χ2v) is 10.9. The maximum Gasteiger partial charge on any atom is 0.307 e. The first-order valence-corrected chi connectivity index (χ1v) is 11.9. The number of carboxylic acid groups (broad SMARTS) is 1. The molecule has 7 nitrogen and oxygen atoms in total. The van der Waals surface area contributed by atoms with Crippen molar-refractivity contribution in [2.45, 2.75) is 73.0 Å². The average molecular weight is 509 g/mol. The van der Waals surface area contributed by atoms with Gasteiger partial charge >= 0.3 is 5.97 Å². The predicted octanol–water partition coefficient (Wildman–Crippen LogP) is 4.87. The van der Waals surface area contributed by atoms with E-state index in [2.05, 4.69) is 18.8 Å². The number of carbonyl (C=O) groups is 1. The summed E-state index contributed by atoms with van der Waals surface area (Å²) in [7, 11) is 1.18. The number of nitrogens with zero attached hydrogens (tertiary/aromatic N) is 2. The van der Waals surface area contributed by atoms with Gasteiger partial charge in [-0.05, 0) is 63.6 Å². The second-order valence-electron chi connectivity index (χ2n) is 10.9. The summed E-state index contributed by atoms with van der Waals surface area (Å²) in [6.07, 6.45) is 1.47. The monoisotopic (exact) mass is 508 g/mol. The van der Waals surface area contributed by atoms with Crippen LogP contribution < -0.4 is 9.64 Å². The lowest BCUT2D eigenvalue weighted by Gasteiger charge is -2.40. The molecule has 36 heavy (non-hydrogen) atoms. The molecule has 3 rings (SSSR count). The number of pyridine rings is 1. The molecule has 1 aliphatic heterocycles. The number of aryl methyl sites for hydroxylation is 1. The molecule has 200 valence electrons. The number of methoxy groups -OCH3 is 1. The first-order valence-electron chi connectivity index (χ1n) is 11.9. The Morgan fingerprint density at radius 2 is 1.67 bits per heavy atom. The molecule has 2 heterocycles. The van der Waals surface area contributed by atoms with E-state index in [1.807, 2.05) is 4.90 Å². The Bertz CT molecular complexity index is 1060. The van der Waals surface area contributed by atoms with Crippen LogP contribution in [0.3, 0.4) is 0 Å². The van der Waals surface area contributed by atoms with E-state index in [1.54, 1.807) is 27.7 Å². The lowest BCUT2D eigenvalue weighted by atomic mass is 9.82. The summed E-state index contributed by atoms with van der Waals surface area (Å²) < 4.78 is 33.9. The van der Waals surface area contributed by atoms with E-state index in [1.165, 1.54) is 7.11 Å². The standard InChI is InChI=1S/C23H28F2N2O4.C4H10O/c1-13-15(11-19(29)30)21(27-7-5-23(2,3)6-8-27)20(18(12-28)26-13)14-9-16(24)22(31-4)17(25)10-14;1-4(2,3)5/h9-10,28H,5-8,11-12H2,1-4H3,(H,29,30);5H,1-3H3. The number of hydrogen-bond acceptors (Lipinski definition) is 6. The molecule has 1 aliphatic rings. The Balaban J connectivity index is 0.000000830. The van der Waals surface area contributed by atoms with Crippen molar-refractivity contribution in [2.24, 2.45) is 5.41 Å². The molecular formula is C27H38F2N2O5. The first kappa shape index (κ1) is 29.5. The van der Waals surface area contributed by atoms with Gasteiger partial charge in [-0.3, -0.25) is 9.78 Å². The van der Waals surface area contributed by atoms with E-state index in [4.69, 9.17) is 9.84 Å². The van der Waals surface area contributed by atoms with Gasteiger partial charge in [0, 0.05) is 29.9 Å². The number of rotatable bonds is 6. The highest BCUT2D eigenvalue weighted by atomic mass is 19.1. The van der Waals surface area contributed by atoms with Crippen molar-refractivity contribution in [3.63, 3.8) is 0 Å². The van der Waals surface area contributed by atoms with Gasteiger partial charge in [-0.2, -0.15) is 0 Å². The number of ether oxygens (including phenoxy) is 1. The quantitative estimate of drug-likeness (QED) is 0.512. The summed E-state index contributed by atoms with van der Waals surface area (Å²) in [6, 6.07) is 2.27. The van der Waals surface area contributed by atoms with Crippen LogP contribution in [0.5, 0.6) is 5.75 Å². The van der Waals surface area contributed by atoms with E-state index in [0.717, 1.165) is 25.0 Å². The minimum Gasteiger partial charge on any atom is -0.491 e. The number of benzene rings is 1. The van der Waals surface area contributed by atoms with Crippen LogP contribution in [0.1, 0.15) is 64.4 Å². The third-order valence-electron chi connectivity index (χ3n) is 5.95. The van der Waals surface area contributed by atoms with Crippen molar-refractivity contribution in [1.82, 2.24) is 4.98 Å². The molecule has 1 aromatic carbocycles. The molecule has 1 fully saturated rings. The molecule has 0 bridgehead atoms. The van der Waals surface area contributed by atoms with Crippen LogP contribution in [0.15, 0.2) is 12.1 Å². The number of hydrogen-bond donors (Lipinski definition) is 3.